The smallest absolute Gasteiger partial charge is 0.142 e. The molecule has 0 aromatic heterocycles. The van der Waals surface area contributed by atoms with Crippen molar-refractivity contribution in [2.45, 2.75) is 12.8 Å². The molecule has 2 aromatic rings. The molecule has 0 saturated carbocycles. The van der Waals surface area contributed by atoms with E-state index in [-0.39, 0.29) is 5.56 Å². The van der Waals surface area contributed by atoms with E-state index in [9.17, 15) is 4.39 Å². The van der Waals surface area contributed by atoms with Crippen LogP contribution in [0.5, 0.6) is 0 Å². The second-order valence-electron chi connectivity index (χ2n) is 4.58. The maximum Gasteiger partial charge on any atom is 0.142 e. The Balaban J connectivity index is 2.13. The van der Waals surface area contributed by atoms with Crippen LogP contribution in [-0.2, 0) is 6.42 Å². The third kappa shape index (κ3) is 4.06. The molecule has 0 N–H and O–H groups in total. The normalized spacial score (nSPS) is 9.33. The van der Waals surface area contributed by atoms with Crippen LogP contribution in [0.15, 0.2) is 55.1 Å². The summed E-state index contributed by atoms with van der Waals surface area (Å²) in [5.41, 5.74) is 2.71. The van der Waals surface area contributed by atoms with E-state index < -0.39 is 5.82 Å². The number of hydrogen-bond donors (Lipinski definition) is 0. The lowest BCUT2D eigenvalue weighted by molar-refractivity contribution is 0.623. The highest BCUT2D eigenvalue weighted by atomic mass is 19.1. The number of nitrogens with zero attached hydrogens (tertiary/aromatic N) is 1. The van der Waals surface area contributed by atoms with E-state index in [1.165, 1.54) is 17.7 Å². The number of benzene rings is 2. The zero-order valence-electron chi connectivity index (χ0n) is 11.6. The molecular weight excluding hydrogens is 261 g/mol. The lowest BCUT2D eigenvalue weighted by Gasteiger charge is -1.98. The summed E-state index contributed by atoms with van der Waals surface area (Å²) in [5, 5.41) is 8.67. The van der Waals surface area contributed by atoms with Crippen molar-refractivity contribution < 1.29 is 4.39 Å². The molecule has 102 valence electrons. The van der Waals surface area contributed by atoms with E-state index in [0.717, 1.165) is 18.4 Å². The first-order valence-corrected chi connectivity index (χ1v) is 6.64. The van der Waals surface area contributed by atoms with Gasteiger partial charge in [0.2, 0.25) is 0 Å². The molecule has 0 aliphatic carbocycles. The van der Waals surface area contributed by atoms with Crippen LogP contribution in [0.25, 0.3) is 0 Å². The first-order chi connectivity index (χ1) is 10.2. The van der Waals surface area contributed by atoms with Crippen molar-refractivity contribution >= 4 is 0 Å². The molecular formula is C19H14FN. The molecule has 2 heteroatoms. The average molecular weight is 275 g/mol. The third-order valence-corrected chi connectivity index (χ3v) is 3.03. The maximum absolute atomic E-state index is 13.4. The van der Waals surface area contributed by atoms with E-state index in [1.807, 2.05) is 30.3 Å². The average Bonchev–Trinajstić information content (AvgIpc) is 2.52. The molecule has 0 aliphatic heterocycles. The molecule has 0 aliphatic rings. The maximum atomic E-state index is 13.4. The summed E-state index contributed by atoms with van der Waals surface area (Å²) in [7, 11) is 0. The molecule has 2 aromatic carbocycles. The van der Waals surface area contributed by atoms with Gasteiger partial charge in [0.05, 0.1) is 5.56 Å². The van der Waals surface area contributed by atoms with Gasteiger partial charge in [0.1, 0.15) is 11.9 Å². The number of rotatable bonds is 3. The van der Waals surface area contributed by atoms with Gasteiger partial charge in [-0.2, -0.15) is 5.26 Å². The van der Waals surface area contributed by atoms with Crippen molar-refractivity contribution in [3.63, 3.8) is 0 Å². The molecule has 0 atom stereocenters. The van der Waals surface area contributed by atoms with Crippen LogP contribution in [0.1, 0.15) is 28.7 Å². The van der Waals surface area contributed by atoms with Gasteiger partial charge in [0, 0.05) is 11.1 Å². The molecule has 0 spiro atoms. The van der Waals surface area contributed by atoms with E-state index in [0.29, 0.717) is 5.56 Å². The highest BCUT2D eigenvalue weighted by molar-refractivity contribution is 5.45. The SMILES string of the molecule is C=CCCc1ccc(C#Cc2ccc(C#N)c(F)c2)cc1. The van der Waals surface area contributed by atoms with Gasteiger partial charge in [-0.3, -0.25) is 0 Å². The first-order valence-electron chi connectivity index (χ1n) is 6.64. The lowest BCUT2D eigenvalue weighted by atomic mass is 10.1. The molecule has 21 heavy (non-hydrogen) atoms. The van der Waals surface area contributed by atoms with Crippen molar-refractivity contribution in [2.24, 2.45) is 0 Å². The van der Waals surface area contributed by atoms with Crippen LogP contribution in [0, 0.1) is 29.0 Å². The summed E-state index contributed by atoms with van der Waals surface area (Å²) in [5.74, 6) is 5.35. The fraction of sp³-hybridized carbons (Fsp3) is 0.105. The van der Waals surface area contributed by atoms with E-state index in [2.05, 4.69) is 18.4 Å². The Morgan fingerprint density at radius 1 is 1.05 bits per heavy atom. The Labute approximate surface area is 124 Å². The fourth-order valence-corrected chi connectivity index (χ4v) is 1.85. The highest BCUT2D eigenvalue weighted by Gasteiger charge is 2.00. The van der Waals surface area contributed by atoms with Gasteiger partial charge in [0.15, 0.2) is 0 Å². The van der Waals surface area contributed by atoms with E-state index in [4.69, 9.17) is 5.26 Å². The lowest BCUT2D eigenvalue weighted by Crippen LogP contribution is -1.85. The van der Waals surface area contributed by atoms with Gasteiger partial charge in [0.25, 0.3) is 0 Å². The minimum absolute atomic E-state index is 0.0344. The van der Waals surface area contributed by atoms with Crippen LogP contribution in [0.4, 0.5) is 4.39 Å². The van der Waals surface area contributed by atoms with Gasteiger partial charge in [-0.25, -0.2) is 4.39 Å². The van der Waals surface area contributed by atoms with Crippen molar-refractivity contribution in [2.75, 3.05) is 0 Å². The molecule has 0 radical (unpaired) electrons. The van der Waals surface area contributed by atoms with Crippen LogP contribution in [0.2, 0.25) is 0 Å². The second-order valence-corrected chi connectivity index (χ2v) is 4.58. The number of hydrogen-bond acceptors (Lipinski definition) is 1. The Morgan fingerprint density at radius 3 is 2.33 bits per heavy atom. The zero-order chi connectivity index (χ0) is 15.1. The van der Waals surface area contributed by atoms with Gasteiger partial charge in [-0.05, 0) is 48.7 Å². The topological polar surface area (TPSA) is 23.8 Å². The Bertz CT molecular complexity index is 740. The molecule has 2 rings (SSSR count). The minimum Gasteiger partial charge on any atom is -0.206 e. The predicted octanol–water partition coefficient (Wildman–Crippen LogP) is 4.22. The summed E-state index contributed by atoms with van der Waals surface area (Å²) in [4.78, 5) is 0. The van der Waals surface area contributed by atoms with Crippen LogP contribution in [-0.4, -0.2) is 0 Å². The Kier molecular flexibility index (Phi) is 4.91. The van der Waals surface area contributed by atoms with Crippen molar-refractivity contribution in [1.82, 2.24) is 0 Å². The summed E-state index contributed by atoms with van der Waals surface area (Å²) in [6.45, 7) is 3.70. The molecule has 0 saturated heterocycles. The predicted molar refractivity (Wildman–Crippen MR) is 82.1 cm³/mol. The molecule has 0 unspecified atom stereocenters. The van der Waals surface area contributed by atoms with E-state index in [1.54, 1.807) is 12.1 Å². The van der Waals surface area contributed by atoms with Crippen LogP contribution in [0.3, 0.4) is 0 Å². The van der Waals surface area contributed by atoms with Gasteiger partial charge in [-0.15, -0.1) is 6.58 Å². The summed E-state index contributed by atoms with van der Waals surface area (Å²) >= 11 is 0. The third-order valence-electron chi connectivity index (χ3n) is 3.03. The molecule has 0 amide bonds. The first kappa shape index (κ1) is 14.6. The van der Waals surface area contributed by atoms with E-state index >= 15 is 0 Å². The zero-order valence-corrected chi connectivity index (χ0v) is 11.6. The van der Waals surface area contributed by atoms with Crippen molar-refractivity contribution in [3.8, 4) is 17.9 Å². The number of halogens is 1. The summed E-state index contributed by atoms with van der Waals surface area (Å²) in [6, 6.07) is 14.1. The largest absolute Gasteiger partial charge is 0.206 e. The standard InChI is InChI=1S/C19H14FN/c1-2-3-4-15-5-7-16(8-6-15)9-10-17-11-12-18(14-21)19(20)13-17/h2,5-8,11-13H,1,3-4H2. The summed E-state index contributed by atoms with van der Waals surface area (Å²) < 4.78 is 13.4. The Morgan fingerprint density at radius 2 is 1.71 bits per heavy atom. The molecule has 0 bridgehead atoms. The molecule has 1 nitrogen and oxygen atoms in total. The van der Waals surface area contributed by atoms with Gasteiger partial charge < -0.3 is 0 Å². The second kappa shape index (κ2) is 7.08. The number of nitriles is 1. The van der Waals surface area contributed by atoms with Gasteiger partial charge >= 0.3 is 0 Å². The molecule has 0 heterocycles. The number of allylic oxidation sites excluding steroid dienone is 1. The van der Waals surface area contributed by atoms with Gasteiger partial charge in [-0.1, -0.05) is 30.0 Å². The minimum atomic E-state index is -0.538. The monoisotopic (exact) mass is 275 g/mol. The fourth-order valence-electron chi connectivity index (χ4n) is 1.85. The number of aryl methyl sites for hydroxylation is 1. The Hall–Kier alpha value is -2.84. The quantitative estimate of drug-likeness (QED) is 0.608. The van der Waals surface area contributed by atoms with Crippen LogP contribution < -0.4 is 0 Å². The highest BCUT2D eigenvalue weighted by Crippen LogP contribution is 2.09. The van der Waals surface area contributed by atoms with Crippen molar-refractivity contribution in [1.29, 1.82) is 5.26 Å². The van der Waals surface area contributed by atoms with Crippen molar-refractivity contribution in [3.05, 3.63) is 83.2 Å². The summed E-state index contributed by atoms with van der Waals surface area (Å²) in [6.07, 6.45) is 3.82. The van der Waals surface area contributed by atoms with Crippen LogP contribution >= 0.6 is 0 Å². The molecule has 0 fully saturated rings.